The molecule has 0 aromatic rings. The second-order valence-corrected chi connectivity index (χ2v) is 6.28. The van der Waals surface area contributed by atoms with Crippen LogP contribution in [-0.4, -0.2) is 37.5 Å². The SMILES string of the molecule is CCCCCCCCCC[N+](C)(C)CCCCl. The lowest BCUT2D eigenvalue weighted by atomic mass is 10.1. The van der Waals surface area contributed by atoms with Gasteiger partial charge in [-0.3, -0.25) is 0 Å². The number of quaternary nitrogens is 1. The molecule has 2 heteroatoms. The summed E-state index contributed by atoms with van der Waals surface area (Å²) in [7, 11) is 4.65. The number of unbranched alkanes of at least 4 members (excludes halogenated alkanes) is 7. The Hall–Kier alpha value is 0.250. The summed E-state index contributed by atoms with van der Waals surface area (Å²) in [5.41, 5.74) is 0. The summed E-state index contributed by atoms with van der Waals surface area (Å²) in [5, 5.41) is 0. The van der Waals surface area contributed by atoms with Crippen LogP contribution in [0.4, 0.5) is 0 Å². The van der Waals surface area contributed by atoms with Crippen molar-refractivity contribution in [3.63, 3.8) is 0 Å². The van der Waals surface area contributed by atoms with E-state index in [0.717, 1.165) is 16.8 Å². The van der Waals surface area contributed by atoms with Crippen LogP contribution in [-0.2, 0) is 0 Å². The smallest absolute Gasteiger partial charge is 0.0794 e. The van der Waals surface area contributed by atoms with Crippen LogP contribution in [0.3, 0.4) is 0 Å². The minimum absolute atomic E-state index is 0.805. The van der Waals surface area contributed by atoms with Crippen molar-refractivity contribution in [2.24, 2.45) is 0 Å². The van der Waals surface area contributed by atoms with E-state index in [0.29, 0.717) is 0 Å². The van der Waals surface area contributed by atoms with E-state index in [-0.39, 0.29) is 0 Å². The molecule has 0 atom stereocenters. The maximum Gasteiger partial charge on any atom is 0.0794 e. The van der Waals surface area contributed by atoms with Crippen LogP contribution >= 0.6 is 11.6 Å². The molecule has 0 unspecified atom stereocenters. The van der Waals surface area contributed by atoms with Crippen molar-refractivity contribution in [3.05, 3.63) is 0 Å². The average Bonchev–Trinajstić information content (AvgIpc) is 2.30. The van der Waals surface area contributed by atoms with Gasteiger partial charge in [-0.1, -0.05) is 45.4 Å². The van der Waals surface area contributed by atoms with Crippen LogP contribution in [0.1, 0.15) is 64.7 Å². The van der Waals surface area contributed by atoms with Crippen LogP contribution in [0.25, 0.3) is 0 Å². The molecule has 0 saturated heterocycles. The maximum atomic E-state index is 5.74. The highest BCUT2D eigenvalue weighted by molar-refractivity contribution is 6.17. The number of hydrogen-bond acceptors (Lipinski definition) is 0. The van der Waals surface area contributed by atoms with E-state index < -0.39 is 0 Å². The third-order valence-electron chi connectivity index (χ3n) is 3.51. The third kappa shape index (κ3) is 12.5. The van der Waals surface area contributed by atoms with Gasteiger partial charge in [-0.05, 0) is 12.8 Å². The van der Waals surface area contributed by atoms with E-state index in [1.54, 1.807) is 0 Å². The summed E-state index contributed by atoms with van der Waals surface area (Å²) in [6.07, 6.45) is 12.5. The van der Waals surface area contributed by atoms with Crippen molar-refractivity contribution in [3.8, 4) is 0 Å². The molecule has 0 spiro atoms. The number of alkyl halides is 1. The Morgan fingerprint density at radius 3 is 1.71 bits per heavy atom. The van der Waals surface area contributed by atoms with Gasteiger partial charge in [-0.2, -0.15) is 0 Å². The van der Waals surface area contributed by atoms with Crippen molar-refractivity contribution >= 4 is 11.6 Å². The van der Waals surface area contributed by atoms with Crippen molar-refractivity contribution < 1.29 is 4.48 Å². The lowest BCUT2D eigenvalue weighted by Gasteiger charge is -2.29. The predicted octanol–water partition coefficient (Wildman–Crippen LogP) is 4.83. The highest BCUT2D eigenvalue weighted by atomic mass is 35.5. The van der Waals surface area contributed by atoms with Gasteiger partial charge in [0.1, 0.15) is 0 Å². The summed E-state index contributed by atoms with van der Waals surface area (Å²) in [6, 6.07) is 0. The number of hydrogen-bond donors (Lipinski definition) is 0. The lowest BCUT2D eigenvalue weighted by Crippen LogP contribution is -2.41. The Morgan fingerprint density at radius 2 is 1.18 bits per heavy atom. The molecule has 0 bridgehead atoms. The average molecular weight is 263 g/mol. The number of nitrogens with zero attached hydrogens (tertiary/aromatic N) is 1. The Balaban J connectivity index is 3.26. The lowest BCUT2D eigenvalue weighted by molar-refractivity contribution is -0.890. The topological polar surface area (TPSA) is 0 Å². The fourth-order valence-corrected chi connectivity index (χ4v) is 2.39. The Kier molecular flexibility index (Phi) is 11.5. The molecule has 0 aromatic heterocycles. The summed E-state index contributed by atoms with van der Waals surface area (Å²) in [5.74, 6) is 0.805. The quantitative estimate of drug-likeness (QED) is 0.268. The normalized spacial score (nSPS) is 12.0. The van der Waals surface area contributed by atoms with Gasteiger partial charge >= 0.3 is 0 Å². The molecule has 0 aliphatic rings. The van der Waals surface area contributed by atoms with Gasteiger partial charge < -0.3 is 4.48 Å². The highest BCUT2D eigenvalue weighted by Crippen LogP contribution is 2.10. The molecular formula is C15H33ClN+. The Morgan fingerprint density at radius 1 is 0.706 bits per heavy atom. The summed E-state index contributed by atoms with van der Waals surface area (Å²) in [6.45, 7) is 4.81. The minimum atomic E-state index is 0.805. The second-order valence-electron chi connectivity index (χ2n) is 5.90. The zero-order valence-electron chi connectivity index (χ0n) is 12.3. The molecule has 0 N–H and O–H groups in total. The second kappa shape index (κ2) is 11.3. The van der Waals surface area contributed by atoms with Crippen LogP contribution in [0.15, 0.2) is 0 Å². The van der Waals surface area contributed by atoms with Gasteiger partial charge in [0.15, 0.2) is 0 Å². The molecule has 0 aromatic carbocycles. The molecule has 0 heterocycles. The van der Waals surface area contributed by atoms with Crippen molar-refractivity contribution in [1.82, 2.24) is 0 Å². The van der Waals surface area contributed by atoms with Crippen molar-refractivity contribution in [2.75, 3.05) is 33.1 Å². The van der Waals surface area contributed by atoms with Crippen molar-refractivity contribution in [2.45, 2.75) is 64.7 Å². The van der Waals surface area contributed by atoms with Crippen molar-refractivity contribution in [1.29, 1.82) is 0 Å². The molecule has 0 amide bonds. The van der Waals surface area contributed by atoms with E-state index in [1.807, 2.05) is 0 Å². The zero-order chi connectivity index (χ0) is 13.0. The monoisotopic (exact) mass is 262 g/mol. The third-order valence-corrected chi connectivity index (χ3v) is 3.78. The molecule has 104 valence electrons. The molecule has 0 radical (unpaired) electrons. The standard InChI is InChI=1S/C15H33ClN/c1-4-5-6-7-8-9-10-11-14-17(2,3)15-12-13-16/h4-15H2,1-3H3/q+1. The van der Waals surface area contributed by atoms with E-state index in [9.17, 15) is 0 Å². The van der Waals surface area contributed by atoms with E-state index in [4.69, 9.17) is 11.6 Å². The number of halogens is 1. The number of rotatable bonds is 12. The maximum absolute atomic E-state index is 5.74. The fraction of sp³-hybridized carbons (Fsp3) is 1.00. The van der Waals surface area contributed by atoms with Gasteiger partial charge in [0.2, 0.25) is 0 Å². The van der Waals surface area contributed by atoms with E-state index >= 15 is 0 Å². The first-order chi connectivity index (χ1) is 8.12. The van der Waals surface area contributed by atoms with Crippen LogP contribution in [0.2, 0.25) is 0 Å². The Labute approximate surface area is 114 Å². The highest BCUT2D eigenvalue weighted by Gasteiger charge is 2.12. The van der Waals surface area contributed by atoms with Crippen LogP contribution in [0.5, 0.6) is 0 Å². The van der Waals surface area contributed by atoms with Crippen LogP contribution in [0, 0.1) is 0 Å². The summed E-state index contributed by atoms with van der Waals surface area (Å²) in [4.78, 5) is 0. The molecule has 0 saturated carbocycles. The molecule has 1 nitrogen and oxygen atoms in total. The molecule has 0 fully saturated rings. The summed E-state index contributed by atoms with van der Waals surface area (Å²) < 4.78 is 1.14. The van der Waals surface area contributed by atoms with Crippen LogP contribution < -0.4 is 0 Å². The molecule has 0 aliphatic carbocycles. The molecule has 17 heavy (non-hydrogen) atoms. The Bertz CT molecular complexity index is 157. The minimum Gasteiger partial charge on any atom is -0.328 e. The zero-order valence-corrected chi connectivity index (χ0v) is 13.1. The molecular weight excluding hydrogens is 230 g/mol. The summed E-state index contributed by atoms with van der Waals surface area (Å²) >= 11 is 5.74. The van der Waals surface area contributed by atoms with E-state index in [2.05, 4.69) is 21.0 Å². The van der Waals surface area contributed by atoms with Gasteiger partial charge in [0.25, 0.3) is 0 Å². The first kappa shape index (κ1) is 17.2. The first-order valence-electron chi connectivity index (χ1n) is 7.50. The van der Waals surface area contributed by atoms with Gasteiger partial charge in [-0.15, -0.1) is 11.6 Å². The molecule has 0 aliphatic heterocycles. The molecule has 0 rings (SSSR count). The van der Waals surface area contributed by atoms with Gasteiger partial charge in [0.05, 0.1) is 27.2 Å². The van der Waals surface area contributed by atoms with E-state index in [1.165, 1.54) is 64.5 Å². The van der Waals surface area contributed by atoms with Gasteiger partial charge in [-0.25, -0.2) is 0 Å². The predicted molar refractivity (Wildman–Crippen MR) is 79.8 cm³/mol. The fourth-order valence-electron chi connectivity index (χ4n) is 2.27. The first-order valence-corrected chi connectivity index (χ1v) is 8.04. The van der Waals surface area contributed by atoms with Gasteiger partial charge in [0, 0.05) is 12.3 Å². The largest absolute Gasteiger partial charge is 0.328 e.